The van der Waals surface area contributed by atoms with Gasteiger partial charge >= 0.3 is 0 Å². The number of hydroxylamine groups is 1. The molecule has 0 bridgehead atoms. The third kappa shape index (κ3) is 1.72. The number of H-pyrrole nitrogens is 1. The maximum absolute atomic E-state index is 11.9. The van der Waals surface area contributed by atoms with Crippen LogP contribution in [-0.2, 0) is 0 Å². The number of benzene rings is 1. The van der Waals surface area contributed by atoms with Gasteiger partial charge in [-0.2, -0.15) is 0 Å². The molecule has 3 heterocycles. The number of hydrogen-bond donors (Lipinski definition) is 2. The lowest BCUT2D eigenvalue weighted by molar-refractivity contribution is 1.03. The monoisotopic (exact) mass is 294 g/mol. The molecule has 0 fully saturated rings. The summed E-state index contributed by atoms with van der Waals surface area (Å²) in [6.45, 7) is 0. The van der Waals surface area contributed by atoms with Gasteiger partial charge in [-0.1, -0.05) is 6.07 Å². The fraction of sp³-hybridized carbons (Fsp3) is 0. The second-order valence-electron chi connectivity index (χ2n) is 4.83. The van der Waals surface area contributed by atoms with Crippen LogP contribution in [0.2, 0.25) is 0 Å². The SMILES string of the molecule is NC1=NN([O-])c2cc(-c3ccnc4[nH]ccc34)ccc2N1[O-]. The predicted molar refractivity (Wildman–Crippen MR) is 84.8 cm³/mol. The first kappa shape index (κ1) is 12.6. The van der Waals surface area contributed by atoms with Gasteiger partial charge in [-0.3, -0.25) is 0 Å². The highest BCUT2D eigenvalue weighted by molar-refractivity contribution is 6.03. The van der Waals surface area contributed by atoms with E-state index < -0.39 is 0 Å². The molecular weight excluding hydrogens is 284 g/mol. The molecule has 0 unspecified atom stereocenters. The van der Waals surface area contributed by atoms with Gasteiger partial charge in [0.15, 0.2) is 0 Å². The van der Waals surface area contributed by atoms with E-state index >= 15 is 0 Å². The summed E-state index contributed by atoms with van der Waals surface area (Å²) in [6.07, 6.45) is 3.47. The lowest BCUT2D eigenvalue weighted by Crippen LogP contribution is -2.38. The molecule has 8 heteroatoms. The number of nitrogens with one attached hydrogen (secondary N) is 1. The number of aromatic amines is 1. The van der Waals surface area contributed by atoms with Crippen molar-refractivity contribution in [1.82, 2.24) is 9.97 Å². The van der Waals surface area contributed by atoms with Crippen molar-refractivity contribution in [3.05, 3.63) is 53.1 Å². The molecule has 0 radical (unpaired) electrons. The number of guanidine groups is 1. The van der Waals surface area contributed by atoms with Crippen molar-refractivity contribution in [2.24, 2.45) is 10.8 Å². The minimum Gasteiger partial charge on any atom is -0.752 e. The first-order chi connectivity index (χ1) is 10.6. The molecule has 0 saturated carbocycles. The van der Waals surface area contributed by atoms with Crippen molar-refractivity contribution in [2.75, 3.05) is 10.2 Å². The quantitative estimate of drug-likeness (QED) is 0.709. The fourth-order valence-electron chi connectivity index (χ4n) is 2.54. The fourth-order valence-corrected chi connectivity index (χ4v) is 2.54. The molecule has 1 aromatic carbocycles. The Morgan fingerprint density at radius 3 is 2.82 bits per heavy atom. The third-order valence-corrected chi connectivity index (χ3v) is 3.57. The van der Waals surface area contributed by atoms with E-state index in [2.05, 4.69) is 15.1 Å². The first-order valence-electron chi connectivity index (χ1n) is 6.50. The molecule has 0 amide bonds. The number of nitrogens with two attached hydrogens (primary N) is 1. The Labute approximate surface area is 124 Å². The number of rotatable bonds is 1. The number of fused-ring (bicyclic) bond motifs is 2. The maximum Gasteiger partial charge on any atom is 0.207 e. The highest BCUT2D eigenvalue weighted by atomic mass is 16.5. The first-order valence-corrected chi connectivity index (χ1v) is 6.50. The molecule has 0 spiro atoms. The zero-order chi connectivity index (χ0) is 15.3. The molecule has 0 aliphatic carbocycles. The summed E-state index contributed by atoms with van der Waals surface area (Å²) in [4.78, 5) is 7.26. The van der Waals surface area contributed by atoms with Gasteiger partial charge in [0.2, 0.25) is 5.96 Å². The van der Waals surface area contributed by atoms with E-state index in [9.17, 15) is 10.4 Å². The summed E-state index contributed by atoms with van der Waals surface area (Å²) < 4.78 is 0. The molecule has 8 nitrogen and oxygen atoms in total. The van der Waals surface area contributed by atoms with E-state index in [-0.39, 0.29) is 17.3 Å². The van der Waals surface area contributed by atoms with Crippen LogP contribution >= 0.6 is 0 Å². The van der Waals surface area contributed by atoms with Gasteiger partial charge in [-0.25, -0.2) is 4.98 Å². The van der Waals surface area contributed by atoms with Crippen LogP contribution in [0.3, 0.4) is 0 Å². The Bertz CT molecular complexity index is 903. The van der Waals surface area contributed by atoms with E-state index in [0.717, 1.165) is 22.2 Å². The average molecular weight is 294 g/mol. The Morgan fingerprint density at radius 1 is 1.09 bits per heavy atom. The minimum absolute atomic E-state index is 0.155. The molecule has 0 saturated heterocycles. The topological polar surface area (TPSA) is 120 Å². The third-order valence-electron chi connectivity index (χ3n) is 3.57. The molecular formula is C14H10N6O2-2. The van der Waals surface area contributed by atoms with Gasteiger partial charge in [-0.05, 0) is 35.4 Å². The Morgan fingerprint density at radius 2 is 1.95 bits per heavy atom. The van der Waals surface area contributed by atoms with Crippen LogP contribution in [0.25, 0.3) is 22.2 Å². The Kier molecular flexibility index (Phi) is 2.55. The lowest BCUT2D eigenvalue weighted by atomic mass is 10.0. The molecule has 3 N–H and O–H groups in total. The highest BCUT2D eigenvalue weighted by Crippen LogP contribution is 2.37. The number of aromatic nitrogens is 2. The summed E-state index contributed by atoms with van der Waals surface area (Å²) in [7, 11) is 0. The highest BCUT2D eigenvalue weighted by Gasteiger charge is 2.16. The largest absolute Gasteiger partial charge is 0.752 e. The smallest absolute Gasteiger partial charge is 0.207 e. The summed E-state index contributed by atoms with van der Waals surface area (Å²) in [5.74, 6) is -0.382. The Balaban J connectivity index is 1.90. The number of hydrazone groups is 1. The van der Waals surface area contributed by atoms with Crippen LogP contribution in [0.5, 0.6) is 0 Å². The zero-order valence-electron chi connectivity index (χ0n) is 11.2. The summed E-state index contributed by atoms with van der Waals surface area (Å²) in [6, 6.07) is 8.69. The van der Waals surface area contributed by atoms with Gasteiger partial charge < -0.3 is 31.4 Å². The van der Waals surface area contributed by atoms with E-state index in [1.54, 1.807) is 30.6 Å². The van der Waals surface area contributed by atoms with Crippen molar-refractivity contribution >= 4 is 28.4 Å². The zero-order valence-corrected chi connectivity index (χ0v) is 11.2. The normalized spacial score (nSPS) is 14.2. The number of pyridine rings is 1. The average Bonchev–Trinajstić information content (AvgIpc) is 3.01. The lowest BCUT2D eigenvalue weighted by Gasteiger charge is -2.41. The van der Waals surface area contributed by atoms with E-state index in [1.807, 2.05) is 12.1 Å². The van der Waals surface area contributed by atoms with Crippen molar-refractivity contribution in [1.29, 1.82) is 0 Å². The predicted octanol–water partition coefficient (Wildman–Crippen LogP) is 2.08. The van der Waals surface area contributed by atoms with Crippen LogP contribution in [0.15, 0.2) is 47.8 Å². The van der Waals surface area contributed by atoms with Crippen molar-refractivity contribution in [3.8, 4) is 11.1 Å². The van der Waals surface area contributed by atoms with Gasteiger partial charge in [0, 0.05) is 17.8 Å². The van der Waals surface area contributed by atoms with Crippen LogP contribution in [0.4, 0.5) is 11.4 Å². The minimum atomic E-state index is -0.382. The van der Waals surface area contributed by atoms with Crippen LogP contribution in [0, 0.1) is 10.4 Å². The number of anilines is 2. The molecule has 22 heavy (non-hydrogen) atoms. The maximum atomic E-state index is 11.9. The van der Waals surface area contributed by atoms with Gasteiger partial charge in [0.1, 0.15) is 5.65 Å². The van der Waals surface area contributed by atoms with E-state index in [4.69, 9.17) is 5.73 Å². The number of hydrogen-bond acceptors (Lipinski definition) is 7. The molecule has 3 aromatic rings. The molecule has 2 aromatic heterocycles. The van der Waals surface area contributed by atoms with Crippen LogP contribution in [-0.4, -0.2) is 15.9 Å². The van der Waals surface area contributed by atoms with E-state index in [1.165, 1.54) is 0 Å². The van der Waals surface area contributed by atoms with Crippen molar-refractivity contribution in [2.45, 2.75) is 0 Å². The van der Waals surface area contributed by atoms with Gasteiger partial charge in [0.25, 0.3) is 0 Å². The molecule has 110 valence electrons. The molecule has 1 aliphatic heterocycles. The van der Waals surface area contributed by atoms with Gasteiger partial charge in [-0.15, -0.1) is 5.10 Å². The van der Waals surface area contributed by atoms with Crippen molar-refractivity contribution < 1.29 is 0 Å². The van der Waals surface area contributed by atoms with Crippen molar-refractivity contribution in [3.63, 3.8) is 0 Å². The van der Waals surface area contributed by atoms with E-state index in [0.29, 0.717) is 10.2 Å². The standard InChI is InChI=1S/C14H10N6O2/c15-14-18-20(22)12-7-8(1-2-11(12)19(14)21)9-3-5-16-13-10(9)4-6-17-13/h1-7H,(H2,15,18)(H,16,17)/q-2. The molecule has 4 rings (SSSR count). The second kappa shape index (κ2) is 4.45. The second-order valence-corrected chi connectivity index (χ2v) is 4.83. The Hall–Kier alpha value is -3.10. The van der Waals surface area contributed by atoms with Crippen LogP contribution in [0.1, 0.15) is 0 Å². The number of nitrogens with zero attached hydrogens (tertiary/aromatic N) is 4. The summed E-state index contributed by atoms with van der Waals surface area (Å²) in [5.41, 5.74) is 8.17. The molecule has 1 aliphatic rings. The summed E-state index contributed by atoms with van der Waals surface area (Å²) >= 11 is 0. The summed E-state index contributed by atoms with van der Waals surface area (Å²) in [5, 5.41) is 28.9. The van der Waals surface area contributed by atoms with Crippen LogP contribution < -0.4 is 16.0 Å². The van der Waals surface area contributed by atoms with Gasteiger partial charge in [0.05, 0.1) is 11.4 Å². The molecule has 0 atom stereocenters.